The van der Waals surface area contributed by atoms with Crippen molar-refractivity contribution in [2.24, 2.45) is 11.8 Å². The largest absolute Gasteiger partial charge is 0.493 e. The van der Waals surface area contributed by atoms with E-state index in [9.17, 15) is 4.79 Å². The highest BCUT2D eigenvalue weighted by Gasteiger charge is 2.39. The molecule has 3 rings (SSSR count). The van der Waals surface area contributed by atoms with E-state index in [2.05, 4.69) is 5.32 Å². The van der Waals surface area contributed by atoms with Gasteiger partial charge >= 0.3 is 0 Å². The van der Waals surface area contributed by atoms with Crippen LogP contribution in [0, 0.1) is 11.8 Å². The van der Waals surface area contributed by atoms with E-state index in [1.807, 2.05) is 18.2 Å². The fourth-order valence-electron chi connectivity index (χ4n) is 3.99. The first-order chi connectivity index (χ1) is 10.7. The van der Waals surface area contributed by atoms with E-state index < -0.39 is 0 Å². The predicted molar refractivity (Wildman–Crippen MR) is 85.2 cm³/mol. The number of ether oxygens (including phenoxy) is 2. The van der Waals surface area contributed by atoms with Crippen molar-refractivity contribution >= 4 is 5.91 Å². The normalized spacial score (nSPS) is 26.0. The van der Waals surface area contributed by atoms with Gasteiger partial charge in [0.05, 0.1) is 14.2 Å². The van der Waals surface area contributed by atoms with Gasteiger partial charge in [0.15, 0.2) is 11.5 Å². The third kappa shape index (κ3) is 3.21. The number of hydrogen-bond donors (Lipinski definition) is 1. The molecule has 0 aromatic heterocycles. The van der Waals surface area contributed by atoms with E-state index in [4.69, 9.17) is 9.47 Å². The monoisotopic (exact) mass is 303 g/mol. The highest BCUT2D eigenvalue weighted by atomic mass is 16.5. The number of methoxy groups -OCH3 is 2. The van der Waals surface area contributed by atoms with E-state index in [1.54, 1.807) is 14.2 Å². The van der Waals surface area contributed by atoms with Gasteiger partial charge in [-0.05, 0) is 55.2 Å². The van der Waals surface area contributed by atoms with E-state index in [0.29, 0.717) is 18.2 Å². The van der Waals surface area contributed by atoms with E-state index in [-0.39, 0.29) is 5.91 Å². The van der Waals surface area contributed by atoms with Crippen molar-refractivity contribution in [1.82, 2.24) is 5.32 Å². The van der Waals surface area contributed by atoms with Gasteiger partial charge in [-0.15, -0.1) is 0 Å². The van der Waals surface area contributed by atoms with Gasteiger partial charge in [-0.1, -0.05) is 12.5 Å². The summed E-state index contributed by atoms with van der Waals surface area (Å²) in [5, 5.41) is 3.24. The summed E-state index contributed by atoms with van der Waals surface area (Å²) in [5.41, 5.74) is 1.10. The van der Waals surface area contributed by atoms with Crippen molar-refractivity contribution in [1.29, 1.82) is 0 Å². The molecular formula is C18H25NO3. The molecule has 2 aliphatic rings. The summed E-state index contributed by atoms with van der Waals surface area (Å²) in [6, 6.07) is 6.26. The molecule has 0 aliphatic heterocycles. The Bertz CT molecular complexity index is 543. The Morgan fingerprint density at radius 2 is 2.00 bits per heavy atom. The topological polar surface area (TPSA) is 47.6 Å². The molecule has 1 aromatic carbocycles. The quantitative estimate of drug-likeness (QED) is 0.879. The van der Waals surface area contributed by atoms with Crippen LogP contribution in [0.2, 0.25) is 0 Å². The molecule has 0 heterocycles. The molecule has 1 amide bonds. The van der Waals surface area contributed by atoms with Gasteiger partial charge in [0.1, 0.15) is 0 Å². The standard InChI is InChI=1S/C18H25NO3/c1-21-16-7-4-12(11-17(16)22-2)5-8-18(20)19-15-10-13-3-6-14(15)9-13/h4,7,11,13-15H,3,5-6,8-10H2,1-2H3,(H,19,20)/t13-,14-,15-/m1/s1. The lowest BCUT2D eigenvalue weighted by Gasteiger charge is -2.22. The predicted octanol–water partition coefficient (Wildman–Crippen LogP) is 2.94. The number of hydrogen-bond acceptors (Lipinski definition) is 3. The number of rotatable bonds is 6. The van der Waals surface area contributed by atoms with Crippen molar-refractivity contribution in [2.75, 3.05) is 14.2 Å². The summed E-state index contributed by atoms with van der Waals surface area (Å²) in [5.74, 6) is 3.20. The van der Waals surface area contributed by atoms with Crippen LogP contribution in [0.1, 0.15) is 37.7 Å². The summed E-state index contributed by atoms with van der Waals surface area (Å²) >= 11 is 0. The van der Waals surface area contributed by atoms with Gasteiger partial charge in [-0.3, -0.25) is 4.79 Å². The van der Waals surface area contributed by atoms with Crippen molar-refractivity contribution in [3.8, 4) is 11.5 Å². The average Bonchev–Trinajstić information content (AvgIpc) is 3.15. The molecule has 1 aromatic rings. The summed E-state index contributed by atoms with van der Waals surface area (Å²) in [7, 11) is 3.25. The van der Waals surface area contributed by atoms with Crippen molar-refractivity contribution < 1.29 is 14.3 Å². The number of amides is 1. The molecular weight excluding hydrogens is 278 g/mol. The fourth-order valence-corrected chi connectivity index (χ4v) is 3.99. The number of benzene rings is 1. The molecule has 4 nitrogen and oxygen atoms in total. The Labute approximate surface area is 132 Å². The first kappa shape index (κ1) is 15.2. The zero-order valence-corrected chi connectivity index (χ0v) is 13.4. The van der Waals surface area contributed by atoms with Crippen LogP contribution in [-0.4, -0.2) is 26.2 Å². The van der Waals surface area contributed by atoms with Crippen LogP contribution < -0.4 is 14.8 Å². The van der Waals surface area contributed by atoms with Crippen LogP contribution in [0.25, 0.3) is 0 Å². The molecule has 22 heavy (non-hydrogen) atoms. The summed E-state index contributed by atoms with van der Waals surface area (Å²) in [4.78, 5) is 12.2. The Kier molecular flexibility index (Phi) is 4.55. The first-order valence-electron chi connectivity index (χ1n) is 8.20. The molecule has 1 N–H and O–H groups in total. The molecule has 3 atom stereocenters. The Morgan fingerprint density at radius 1 is 1.18 bits per heavy atom. The summed E-state index contributed by atoms with van der Waals surface area (Å²) < 4.78 is 10.5. The molecule has 0 radical (unpaired) electrons. The highest BCUT2D eigenvalue weighted by molar-refractivity contribution is 5.76. The number of fused-ring (bicyclic) bond motifs is 2. The van der Waals surface area contributed by atoms with Crippen molar-refractivity contribution in [3.05, 3.63) is 23.8 Å². The maximum atomic E-state index is 12.2. The minimum atomic E-state index is 0.173. The SMILES string of the molecule is COc1ccc(CCC(=O)N[C@@H]2C[C@@H]3CC[C@@H]2C3)cc1OC. The van der Waals surface area contributed by atoms with Crippen LogP contribution in [-0.2, 0) is 11.2 Å². The van der Waals surface area contributed by atoms with Crippen LogP contribution in [0.3, 0.4) is 0 Å². The minimum absolute atomic E-state index is 0.173. The van der Waals surface area contributed by atoms with Gasteiger partial charge in [-0.25, -0.2) is 0 Å². The summed E-state index contributed by atoms with van der Waals surface area (Å²) in [6.07, 6.45) is 6.43. The van der Waals surface area contributed by atoms with Gasteiger partial charge in [0, 0.05) is 12.5 Å². The van der Waals surface area contributed by atoms with Crippen LogP contribution in [0.15, 0.2) is 18.2 Å². The Balaban J connectivity index is 1.50. The number of nitrogens with one attached hydrogen (secondary N) is 1. The van der Waals surface area contributed by atoms with Crippen LogP contribution >= 0.6 is 0 Å². The number of carbonyl (C=O) groups excluding carboxylic acids is 1. The van der Waals surface area contributed by atoms with Gasteiger partial charge in [0.25, 0.3) is 0 Å². The third-order valence-electron chi connectivity index (χ3n) is 5.17. The molecule has 2 bridgehead atoms. The van der Waals surface area contributed by atoms with Crippen LogP contribution in [0.5, 0.6) is 11.5 Å². The van der Waals surface area contributed by atoms with Crippen molar-refractivity contribution in [3.63, 3.8) is 0 Å². The molecule has 4 heteroatoms. The first-order valence-corrected chi connectivity index (χ1v) is 8.20. The van der Waals surface area contributed by atoms with Gasteiger partial charge in [0.2, 0.25) is 5.91 Å². The smallest absolute Gasteiger partial charge is 0.220 e. The minimum Gasteiger partial charge on any atom is -0.493 e. The van der Waals surface area contributed by atoms with Crippen molar-refractivity contribution in [2.45, 2.75) is 44.6 Å². The molecule has 2 aliphatic carbocycles. The zero-order valence-electron chi connectivity index (χ0n) is 13.4. The molecule has 2 fully saturated rings. The van der Waals surface area contributed by atoms with E-state index in [1.165, 1.54) is 25.7 Å². The molecule has 120 valence electrons. The number of carbonyl (C=O) groups is 1. The summed E-state index contributed by atoms with van der Waals surface area (Å²) in [6.45, 7) is 0. The van der Waals surface area contributed by atoms with E-state index in [0.717, 1.165) is 29.6 Å². The molecule has 0 spiro atoms. The lowest BCUT2D eigenvalue weighted by Crippen LogP contribution is -2.38. The van der Waals surface area contributed by atoms with Crippen LogP contribution in [0.4, 0.5) is 0 Å². The average molecular weight is 303 g/mol. The maximum absolute atomic E-state index is 12.2. The lowest BCUT2D eigenvalue weighted by atomic mass is 9.95. The molecule has 0 saturated heterocycles. The lowest BCUT2D eigenvalue weighted by molar-refractivity contribution is -0.122. The maximum Gasteiger partial charge on any atom is 0.220 e. The highest BCUT2D eigenvalue weighted by Crippen LogP contribution is 2.44. The fraction of sp³-hybridized carbons (Fsp3) is 0.611. The second-order valence-electron chi connectivity index (χ2n) is 6.54. The van der Waals surface area contributed by atoms with E-state index >= 15 is 0 Å². The third-order valence-corrected chi connectivity index (χ3v) is 5.17. The Hall–Kier alpha value is -1.71. The van der Waals surface area contributed by atoms with Gasteiger partial charge in [-0.2, -0.15) is 0 Å². The molecule has 0 unspecified atom stereocenters. The second kappa shape index (κ2) is 6.59. The number of aryl methyl sites for hydroxylation is 1. The Morgan fingerprint density at radius 3 is 2.64 bits per heavy atom. The zero-order chi connectivity index (χ0) is 15.5. The second-order valence-corrected chi connectivity index (χ2v) is 6.54. The molecule has 2 saturated carbocycles. The van der Waals surface area contributed by atoms with Gasteiger partial charge < -0.3 is 14.8 Å².